The van der Waals surface area contributed by atoms with Gasteiger partial charge in [0.05, 0.1) is 13.7 Å². The van der Waals surface area contributed by atoms with Crippen molar-refractivity contribution in [2.75, 3.05) is 20.8 Å². The van der Waals surface area contributed by atoms with Crippen LogP contribution in [0.3, 0.4) is 0 Å². The Morgan fingerprint density at radius 2 is 2.22 bits per heavy atom. The number of amides is 1. The molecule has 23 heavy (non-hydrogen) atoms. The molecule has 1 saturated heterocycles. The fourth-order valence-corrected chi connectivity index (χ4v) is 3.45. The van der Waals surface area contributed by atoms with Crippen LogP contribution in [0.1, 0.15) is 31.7 Å². The van der Waals surface area contributed by atoms with Crippen molar-refractivity contribution >= 4 is 11.9 Å². The quantitative estimate of drug-likeness (QED) is 0.629. The summed E-state index contributed by atoms with van der Waals surface area (Å²) in [5.41, 5.74) is 0.0631. The van der Waals surface area contributed by atoms with E-state index in [1.165, 1.54) is 4.90 Å². The first-order valence-electron chi connectivity index (χ1n) is 7.72. The summed E-state index contributed by atoms with van der Waals surface area (Å²) in [6, 6.07) is 5.47. The predicted octanol–water partition coefficient (Wildman–Crippen LogP) is 1.93. The molecule has 3 atom stereocenters. The molecule has 1 aromatic rings. The molecule has 0 N–H and O–H groups in total. The SMILES string of the molecule is CCOC(=O)[C@H]1C(=O)N(C)[C@]2(C)C[C@H]1c1cc(OC)ccc1O2. The molecule has 0 saturated carbocycles. The number of piperidine rings is 1. The third-order valence-electron chi connectivity index (χ3n) is 4.79. The van der Waals surface area contributed by atoms with Crippen molar-refractivity contribution in [3.8, 4) is 11.5 Å². The number of carbonyl (C=O) groups excluding carboxylic acids is 2. The highest BCUT2D eigenvalue weighted by Crippen LogP contribution is 2.50. The Kier molecular flexibility index (Phi) is 3.70. The van der Waals surface area contributed by atoms with Gasteiger partial charge in [-0.05, 0) is 32.0 Å². The van der Waals surface area contributed by atoms with Crippen LogP contribution in [0.25, 0.3) is 0 Å². The van der Waals surface area contributed by atoms with E-state index in [-0.39, 0.29) is 18.4 Å². The van der Waals surface area contributed by atoms with Crippen molar-refractivity contribution in [2.24, 2.45) is 5.92 Å². The van der Waals surface area contributed by atoms with Crippen molar-refractivity contribution in [3.05, 3.63) is 23.8 Å². The van der Waals surface area contributed by atoms with Gasteiger partial charge in [-0.25, -0.2) is 0 Å². The lowest BCUT2D eigenvalue weighted by atomic mass is 9.74. The van der Waals surface area contributed by atoms with Gasteiger partial charge in [0.25, 0.3) is 0 Å². The number of hydrogen-bond donors (Lipinski definition) is 0. The van der Waals surface area contributed by atoms with Crippen molar-refractivity contribution < 1.29 is 23.8 Å². The Morgan fingerprint density at radius 1 is 1.48 bits per heavy atom. The van der Waals surface area contributed by atoms with E-state index >= 15 is 0 Å². The van der Waals surface area contributed by atoms with E-state index in [2.05, 4.69) is 0 Å². The summed E-state index contributed by atoms with van der Waals surface area (Å²) < 4.78 is 16.5. The summed E-state index contributed by atoms with van der Waals surface area (Å²) >= 11 is 0. The minimum atomic E-state index is -0.845. The second-order valence-electron chi connectivity index (χ2n) is 6.12. The standard InChI is InChI=1S/C17H21NO5/c1-5-22-16(20)14-12-9-17(2,18(3)15(14)19)23-13-7-6-10(21-4)8-11(12)13/h6-8,12,14H,5,9H2,1-4H3/t12-,14+,17-/m0/s1. The first-order chi connectivity index (χ1) is 10.9. The molecule has 2 aliphatic heterocycles. The molecule has 0 spiro atoms. The van der Waals surface area contributed by atoms with Crippen molar-refractivity contribution in [3.63, 3.8) is 0 Å². The number of nitrogens with zero attached hydrogens (tertiary/aromatic N) is 1. The Balaban J connectivity index is 2.10. The average Bonchev–Trinajstić information content (AvgIpc) is 2.53. The van der Waals surface area contributed by atoms with E-state index in [4.69, 9.17) is 14.2 Å². The minimum Gasteiger partial charge on any atom is -0.497 e. The Labute approximate surface area is 135 Å². The van der Waals surface area contributed by atoms with Crippen LogP contribution in [-0.2, 0) is 14.3 Å². The largest absolute Gasteiger partial charge is 0.497 e. The van der Waals surface area contributed by atoms with Crippen LogP contribution in [0.5, 0.6) is 11.5 Å². The van der Waals surface area contributed by atoms with E-state index in [1.54, 1.807) is 21.1 Å². The molecule has 2 heterocycles. The van der Waals surface area contributed by atoms with Crippen LogP contribution < -0.4 is 9.47 Å². The highest BCUT2D eigenvalue weighted by atomic mass is 16.5. The molecule has 1 amide bonds. The van der Waals surface area contributed by atoms with Gasteiger partial charge in [-0.15, -0.1) is 0 Å². The molecule has 0 unspecified atom stereocenters. The Bertz CT molecular complexity index is 658. The number of carbonyl (C=O) groups is 2. The van der Waals surface area contributed by atoms with E-state index < -0.39 is 17.6 Å². The average molecular weight is 319 g/mol. The van der Waals surface area contributed by atoms with Gasteiger partial charge in [0.1, 0.15) is 17.4 Å². The van der Waals surface area contributed by atoms with Crippen molar-refractivity contribution in [1.29, 1.82) is 0 Å². The second kappa shape index (κ2) is 5.44. The smallest absolute Gasteiger partial charge is 0.319 e. The van der Waals surface area contributed by atoms with Crippen LogP contribution >= 0.6 is 0 Å². The summed E-state index contributed by atoms with van der Waals surface area (Å²) in [6.07, 6.45) is 0.541. The van der Waals surface area contributed by atoms with Crippen molar-refractivity contribution in [2.45, 2.75) is 31.9 Å². The summed E-state index contributed by atoms with van der Waals surface area (Å²) in [5.74, 6) is -0.518. The van der Waals surface area contributed by atoms with E-state index in [9.17, 15) is 9.59 Å². The summed E-state index contributed by atoms with van der Waals surface area (Å²) in [7, 11) is 3.25. The first-order valence-corrected chi connectivity index (χ1v) is 7.72. The second-order valence-corrected chi connectivity index (χ2v) is 6.12. The number of likely N-dealkylation sites (tertiary alicyclic amines) is 1. The topological polar surface area (TPSA) is 65.1 Å². The molecule has 6 nitrogen and oxygen atoms in total. The Hall–Kier alpha value is -2.24. The van der Waals surface area contributed by atoms with Crippen LogP contribution in [0.2, 0.25) is 0 Å². The third kappa shape index (κ3) is 2.33. The third-order valence-corrected chi connectivity index (χ3v) is 4.79. The summed E-state index contributed by atoms with van der Waals surface area (Å²) in [6.45, 7) is 3.85. The number of hydrogen-bond acceptors (Lipinski definition) is 5. The molecule has 1 aromatic carbocycles. The highest BCUT2D eigenvalue weighted by molar-refractivity contribution is 6.00. The van der Waals surface area contributed by atoms with Gasteiger partial charge in [0.15, 0.2) is 5.72 Å². The van der Waals surface area contributed by atoms with Crippen molar-refractivity contribution in [1.82, 2.24) is 4.90 Å². The molecule has 124 valence electrons. The first kappa shape index (κ1) is 15.6. The zero-order valence-electron chi connectivity index (χ0n) is 13.8. The maximum atomic E-state index is 12.7. The number of fused-ring (bicyclic) bond motifs is 4. The van der Waals surface area contributed by atoms with Crippen LogP contribution in [-0.4, -0.2) is 43.3 Å². The van der Waals surface area contributed by atoms with Crippen LogP contribution in [0.4, 0.5) is 0 Å². The molecular weight excluding hydrogens is 298 g/mol. The van der Waals surface area contributed by atoms with Gasteiger partial charge in [0, 0.05) is 24.9 Å². The van der Waals surface area contributed by atoms with Crippen LogP contribution in [0.15, 0.2) is 18.2 Å². The molecule has 0 aliphatic carbocycles. The van der Waals surface area contributed by atoms with Gasteiger partial charge in [-0.1, -0.05) is 0 Å². The molecular formula is C17H21NO5. The molecule has 2 bridgehead atoms. The molecule has 6 heteroatoms. The minimum absolute atomic E-state index is 0.248. The fraction of sp³-hybridized carbons (Fsp3) is 0.529. The molecule has 0 radical (unpaired) electrons. The van der Waals surface area contributed by atoms with Gasteiger partial charge >= 0.3 is 5.97 Å². The van der Waals surface area contributed by atoms with Gasteiger partial charge < -0.3 is 19.1 Å². The number of esters is 1. The number of methoxy groups -OCH3 is 1. The predicted molar refractivity (Wildman–Crippen MR) is 82.3 cm³/mol. The fourth-order valence-electron chi connectivity index (χ4n) is 3.45. The monoisotopic (exact) mass is 319 g/mol. The zero-order chi connectivity index (χ0) is 16.8. The van der Waals surface area contributed by atoms with E-state index in [0.717, 1.165) is 5.56 Å². The molecule has 2 aliphatic rings. The number of rotatable bonds is 3. The maximum absolute atomic E-state index is 12.7. The number of ether oxygens (including phenoxy) is 3. The van der Waals surface area contributed by atoms with Gasteiger partial charge in [0.2, 0.25) is 5.91 Å². The lowest BCUT2D eigenvalue weighted by Crippen LogP contribution is -2.62. The lowest BCUT2D eigenvalue weighted by Gasteiger charge is -2.51. The normalized spacial score (nSPS) is 28.7. The maximum Gasteiger partial charge on any atom is 0.319 e. The lowest BCUT2D eigenvalue weighted by molar-refractivity contribution is -0.178. The number of benzene rings is 1. The summed E-state index contributed by atoms with van der Waals surface area (Å²) in [4.78, 5) is 26.6. The summed E-state index contributed by atoms with van der Waals surface area (Å²) in [5, 5.41) is 0. The molecule has 3 rings (SSSR count). The highest BCUT2D eigenvalue weighted by Gasteiger charge is 2.55. The molecule has 0 aromatic heterocycles. The van der Waals surface area contributed by atoms with Gasteiger partial charge in [-0.2, -0.15) is 0 Å². The van der Waals surface area contributed by atoms with Gasteiger partial charge in [-0.3, -0.25) is 9.59 Å². The van der Waals surface area contributed by atoms with Crippen LogP contribution in [0, 0.1) is 5.92 Å². The van der Waals surface area contributed by atoms with E-state index in [0.29, 0.717) is 17.9 Å². The van der Waals surface area contributed by atoms with E-state index in [1.807, 2.05) is 25.1 Å². The molecule has 1 fully saturated rings. The zero-order valence-corrected chi connectivity index (χ0v) is 13.8. The Morgan fingerprint density at radius 3 is 2.87 bits per heavy atom.